The van der Waals surface area contributed by atoms with Gasteiger partial charge in [0.05, 0.1) is 24.5 Å². The van der Waals surface area contributed by atoms with Gasteiger partial charge in [0.2, 0.25) is 10.0 Å². The van der Waals surface area contributed by atoms with Crippen LogP contribution < -0.4 is 4.72 Å². The lowest BCUT2D eigenvalue weighted by Crippen LogP contribution is -2.34. The maximum absolute atomic E-state index is 12.4. The van der Waals surface area contributed by atoms with Crippen LogP contribution in [0.3, 0.4) is 0 Å². The summed E-state index contributed by atoms with van der Waals surface area (Å²) in [6.07, 6.45) is 0. The lowest BCUT2D eigenvalue weighted by molar-refractivity contribution is 0.267. The van der Waals surface area contributed by atoms with E-state index >= 15 is 0 Å². The summed E-state index contributed by atoms with van der Waals surface area (Å²) in [6, 6.07) is -0.134. The molecule has 1 atom stereocenters. The van der Waals surface area contributed by atoms with Crippen LogP contribution in [0.5, 0.6) is 0 Å². The van der Waals surface area contributed by atoms with Crippen LogP contribution in [-0.4, -0.2) is 47.5 Å². The van der Waals surface area contributed by atoms with E-state index in [0.717, 1.165) is 11.5 Å². The Kier molecular flexibility index (Phi) is 6.50. The normalized spacial score (nSPS) is 13.7. The van der Waals surface area contributed by atoms with E-state index in [1.165, 1.54) is 4.68 Å². The molecule has 0 fully saturated rings. The van der Waals surface area contributed by atoms with Gasteiger partial charge in [-0.2, -0.15) is 16.9 Å². The third kappa shape index (κ3) is 4.21. The lowest BCUT2D eigenvalue weighted by atomic mass is 10.4. The number of thioether (sulfide) groups is 1. The second-order valence-electron chi connectivity index (χ2n) is 4.63. The largest absolute Gasteiger partial charge is 0.394 e. The number of aliphatic hydroxyl groups excluding tert-OH is 1. The molecule has 0 aliphatic heterocycles. The number of rotatable bonds is 8. The average Bonchev–Trinajstić information content (AvgIpc) is 2.62. The van der Waals surface area contributed by atoms with Crippen molar-refractivity contribution < 1.29 is 13.5 Å². The van der Waals surface area contributed by atoms with Crippen molar-refractivity contribution in [2.24, 2.45) is 0 Å². The summed E-state index contributed by atoms with van der Waals surface area (Å²) in [6.45, 7) is 7.49. The number of sulfonamides is 1. The summed E-state index contributed by atoms with van der Waals surface area (Å²) in [7, 11) is -3.58. The third-order valence-electron chi connectivity index (χ3n) is 2.82. The van der Waals surface area contributed by atoms with Gasteiger partial charge >= 0.3 is 0 Å². The summed E-state index contributed by atoms with van der Waals surface area (Å²) in [4.78, 5) is 0.222. The van der Waals surface area contributed by atoms with E-state index in [4.69, 9.17) is 5.11 Å². The number of hydrogen-bond donors (Lipinski definition) is 2. The van der Waals surface area contributed by atoms with Gasteiger partial charge in [-0.1, -0.05) is 6.92 Å². The van der Waals surface area contributed by atoms with Crippen LogP contribution in [0.1, 0.15) is 25.2 Å². The van der Waals surface area contributed by atoms with E-state index in [1.807, 2.05) is 13.8 Å². The highest BCUT2D eigenvalue weighted by atomic mass is 32.2. The van der Waals surface area contributed by atoms with Crippen molar-refractivity contribution in [3.63, 3.8) is 0 Å². The van der Waals surface area contributed by atoms with E-state index in [1.54, 1.807) is 25.6 Å². The first kappa shape index (κ1) is 17.5. The summed E-state index contributed by atoms with van der Waals surface area (Å²) < 4.78 is 29.1. The molecule has 0 aliphatic rings. The van der Waals surface area contributed by atoms with Crippen molar-refractivity contribution in [3.8, 4) is 0 Å². The molecular formula is C12H23N3O3S2. The molecule has 116 valence electrons. The second kappa shape index (κ2) is 7.44. The smallest absolute Gasteiger partial charge is 0.244 e. The molecule has 1 heterocycles. The van der Waals surface area contributed by atoms with Gasteiger partial charge in [0.1, 0.15) is 4.90 Å². The van der Waals surface area contributed by atoms with Crippen LogP contribution in [0.2, 0.25) is 0 Å². The van der Waals surface area contributed by atoms with Gasteiger partial charge in [-0.25, -0.2) is 13.1 Å². The number of aliphatic hydroxyl groups is 1. The van der Waals surface area contributed by atoms with Gasteiger partial charge in [0.25, 0.3) is 0 Å². The molecule has 0 spiro atoms. The topological polar surface area (TPSA) is 84.2 Å². The molecule has 20 heavy (non-hydrogen) atoms. The first-order chi connectivity index (χ1) is 9.33. The molecule has 8 heteroatoms. The fourth-order valence-corrected chi connectivity index (χ4v) is 4.47. The van der Waals surface area contributed by atoms with E-state index < -0.39 is 10.0 Å². The van der Waals surface area contributed by atoms with Crippen LogP contribution in [-0.2, 0) is 16.6 Å². The molecular weight excluding hydrogens is 298 g/mol. The van der Waals surface area contributed by atoms with Gasteiger partial charge in [-0.15, -0.1) is 0 Å². The van der Waals surface area contributed by atoms with Gasteiger partial charge in [-0.05, 0) is 26.5 Å². The minimum absolute atomic E-state index is 0.0710. The zero-order valence-electron chi connectivity index (χ0n) is 12.4. The highest BCUT2D eigenvalue weighted by Crippen LogP contribution is 2.19. The van der Waals surface area contributed by atoms with Gasteiger partial charge in [0.15, 0.2) is 0 Å². The molecule has 0 saturated heterocycles. The molecule has 0 aromatic carbocycles. The Hall–Kier alpha value is -0.570. The SMILES string of the molecule is CCSCC(C)NS(=O)(=O)c1c(C)nn(CCO)c1C. The van der Waals surface area contributed by atoms with Crippen molar-refractivity contribution in [1.29, 1.82) is 0 Å². The molecule has 1 rings (SSSR count). The molecule has 0 amide bonds. The van der Waals surface area contributed by atoms with Crippen molar-refractivity contribution >= 4 is 21.8 Å². The fourth-order valence-electron chi connectivity index (χ4n) is 2.03. The Morgan fingerprint density at radius 2 is 2.10 bits per heavy atom. The van der Waals surface area contributed by atoms with Crippen LogP contribution in [0, 0.1) is 13.8 Å². The molecule has 1 aromatic heterocycles. The molecule has 6 nitrogen and oxygen atoms in total. The summed E-state index contributed by atoms with van der Waals surface area (Å²) >= 11 is 1.69. The Morgan fingerprint density at radius 1 is 1.45 bits per heavy atom. The van der Waals surface area contributed by atoms with Crippen molar-refractivity contribution in [2.75, 3.05) is 18.1 Å². The zero-order valence-corrected chi connectivity index (χ0v) is 14.0. The highest BCUT2D eigenvalue weighted by Gasteiger charge is 2.25. The summed E-state index contributed by atoms with van der Waals surface area (Å²) in [5.41, 5.74) is 1.01. The number of aromatic nitrogens is 2. The highest BCUT2D eigenvalue weighted by molar-refractivity contribution is 7.99. The molecule has 1 unspecified atom stereocenters. The molecule has 0 aliphatic carbocycles. The first-order valence-corrected chi connectivity index (χ1v) is 9.22. The second-order valence-corrected chi connectivity index (χ2v) is 7.60. The Morgan fingerprint density at radius 3 is 2.65 bits per heavy atom. The van der Waals surface area contributed by atoms with Crippen LogP contribution in [0.4, 0.5) is 0 Å². The Balaban J connectivity index is 2.98. The van der Waals surface area contributed by atoms with E-state index in [9.17, 15) is 8.42 Å². The van der Waals surface area contributed by atoms with Crippen molar-refractivity contribution in [2.45, 2.75) is 45.2 Å². The minimum Gasteiger partial charge on any atom is -0.394 e. The van der Waals surface area contributed by atoms with Gasteiger partial charge < -0.3 is 5.11 Å². The van der Waals surface area contributed by atoms with Gasteiger partial charge in [0, 0.05) is 11.8 Å². The van der Waals surface area contributed by atoms with Gasteiger partial charge in [-0.3, -0.25) is 4.68 Å². The number of nitrogens with zero attached hydrogens (tertiary/aromatic N) is 2. The maximum atomic E-state index is 12.4. The number of aryl methyl sites for hydroxylation is 1. The quantitative estimate of drug-likeness (QED) is 0.743. The Labute approximate surface area is 125 Å². The van der Waals surface area contributed by atoms with E-state index in [0.29, 0.717) is 17.9 Å². The van der Waals surface area contributed by atoms with E-state index in [-0.39, 0.29) is 17.5 Å². The van der Waals surface area contributed by atoms with Crippen LogP contribution in [0.25, 0.3) is 0 Å². The van der Waals surface area contributed by atoms with Crippen molar-refractivity contribution in [3.05, 3.63) is 11.4 Å². The van der Waals surface area contributed by atoms with Crippen LogP contribution in [0.15, 0.2) is 4.90 Å². The zero-order chi connectivity index (χ0) is 15.3. The predicted octanol–water partition coefficient (Wildman–Crippen LogP) is 0.912. The lowest BCUT2D eigenvalue weighted by Gasteiger charge is -2.13. The fraction of sp³-hybridized carbons (Fsp3) is 0.750. The Bertz CT molecular complexity index is 540. The number of hydrogen-bond acceptors (Lipinski definition) is 5. The maximum Gasteiger partial charge on any atom is 0.244 e. The minimum atomic E-state index is -3.58. The summed E-state index contributed by atoms with van der Waals surface area (Å²) in [5, 5.41) is 13.1. The standard InChI is InChI=1S/C12H23N3O3S2/c1-5-19-8-9(2)14-20(17,18)12-10(3)13-15(6-7-16)11(12)4/h9,14,16H,5-8H2,1-4H3. The molecule has 0 saturated carbocycles. The molecule has 0 bridgehead atoms. The first-order valence-electron chi connectivity index (χ1n) is 6.58. The molecule has 1 aromatic rings. The summed E-state index contributed by atoms with van der Waals surface area (Å²) in [5.74, 6) is 1.69. The third-order valence-corrected chi connectivity index (χ3v) is 5.81. The monoisotopic (exact) mass is 321 g/mol. The average molecular weight is 321 g/mol. The molecule has 0 radical (unpaired) electrons. The van der Waals surface area contributed by atoms with Crippen LogP contribution >= 0.6 is 11.8 Å². The number of nitrogens with one attached hydrogen (secondary N) is 1. The van der Waals surface area contributed by atoms with Crippen molar-refractivity contribution in [1.82, 2.24) is 14.5 Å². The predicted molar refractivity (Wildman–Crippen MR) is 81.6 cm³/mol. The van der Waals surface area contributed by atoms with E-state index in [2.05, 4.69) is 9.82 Å². The molecule has 2 N–H and O–H groups in total.